The normalized spacial score (nSPS) is 10.3. The molecule has 2 aromatic rings. The highest BCUT2D eigenvalue weighted by molar-refractivity contribution is 6.34. The Balaban J connectivity index is 1.94. The van der Waals surface area contributed by atoms with Crippen molar-refractivity contribution in [2.45, 2.75) is 33.7 Å². The first-order chi connectivity index (χ1) is 12.4. The standard InChI is InChI=1S/C18H22ClN5O2/c1-4-7-20-17(25)14-6-5-13(9-15(14)19)24-18(26)21-10-16-22-11(2)8-12(3)23-16/h5-6,8-9H,4,7,10H2,1-3H3,(H,20,25)(H2,21,24,26). The van der Waals surface area contributed by atoms with Crippen LogP contribution in [-0.4, -0.2) is 28.5 Å². The number of halogens is 1. The van der Waals surface area contributed by atoms with E-state index in [-0.39, 0.29) is 17.5 Å². The molecule has 3 N–H and O–H groups in total. The van der Waals surface area contributed by atoms with E-state index >= 15 is 0 Å². The summed E-state index contributed by atoms with van der Waals surface area (Å²) < 4.78 is 0. The smallest absolute Gasteiger partial charge is 0.319 e. The monoisotopic (exact) mass is 375 g/mol. The zero-order chi connectivity index (χ0) is 19.1. The van der Waals surface area contributed by atoms with E-state index in [2.05, 4.69) is 25.9 Å². The van der Waals surface area contributed by atoms with E-state index in [0.717, 1.165) is 17.8 Å². The molecule has 0 saturated carbocycles. The van der Waals surface area contributed by atoms with Gasteiger partial charge in [0.15, 0.2) is 0 Å². The molecular weight excluding hydrogens is 354 g/mol. The van der Waals surface area contributed by atoms with Crippen LogP contribution in [0.2, 0.25) is 5.02 Å². The Hall–Kier alpha value is -2.67. The van der Waals surface area contributed by atoms with Crippen LogP contribution in [-0.2, 0) is 6.54 Å². The minimum absolute atomic E-state index is 0.208. The van der Waals surface area contributed by atoms with Gasteiger partial charge in [0.2, 0.25) is 0 Å². The number of urea groups is 1. The van der Waals surface area contributed by atoms with Crippen molar-refractivity contribution in [1.29, 1.82) is 0 Å². The Kier molecular flexibility index (Phi) is 6.91. The number of aromatic nitrogens is 2. The predicted molar refractivity (Wildman–Crippen MR) is 101 cm³/mol. The van der Waals surface area contributed by atoms with Crippen LogP contribution in [0, 0.1) is 13.8 Å². The second kappa shape index (κ2) is 9.15. The highest BCUT2D eigenvalue weighted by Crippen LogP contribution is 2.21. The minimum Gasteiger partial charge on any atom is -0.352 e. The van der Waals surface area contributed by atoms with Gasteiger partial charge >= 0.3 is 6.03 Å². The molecule has 0 atom stereocenters. The van der Waals surface area contributed by atoms with Crippen LogP contribution in [0.15, 0.2) is 24.3 Å². The Morgan fingerprint density at radius 3 is 2.38 bits per heavy atom. The quantitative estimate of drug-likeness (QED) is 0.722. The molecule has 138 valence electrons. The maximum Gasteiger partial charge on any atom is 0.319 e. The fourth-order valence-corrected chi connectivity index (χ4v) is 2.59. The number of anilines is 1. The first-order valence-corrected chi connectivity index (χ1v) is 8.70. The maximum atomic E-state index is 12.0. The van der Waals surface area contributed by atoms with Crippen LogP contribution in [0.3, 0.4) is 0 Å². The molecule has 1 aromatic carbocycles. The third-order valence-corrected chi connectivity index (χ3v) is 3.76. The van der Waals surface area contributed by atoms with Gasteiger partial charge in [0.05, 0.1) is 17.1 Å². The molecule has 0 saturated heterocycles. The van der Waals surface area contributed by atoms with E-state index in [1.807, 2.05) is 26.8 Å². The van der Waals surface area contributed by atoms with Gasteiger partial charge in [-0.3, -0.25) is 4.79 Å². The molecule has 7 nitrogen and oxygen atoms in total. The number of carbonyl (C=O) groups is 2. The molecule has 1 aromatic heterocycles. The number of aryl methyl sites for hydroxylation is 2. The number of rotatable bonds is 6. The third kappa shape index (κ3) is 5.70. The summed E-state index contributed by atoms with van der Waals surface area (Å²) in [6.45, 7) is 6.51. The van der Waals surface area contributed by atoms with Gasteiger partial charge in [-0.1, -0.05) is 18.5 Å². The van der Waals surface area contributed by atoms with Crippen molar-refractivity contribution in [3.05, 3.63) is 52.1 Å². The van der Waals surface area contributed by atoms with E-state index in [9.17, 15) is 9.59 Å². The Morgan fingerprint density at radius 1 is 1.08 bits per heavy atom. The van der Waals surface area contributed by atoms with E-state index in [1.165, 1.54) is 6.07 Å². The summed E-state index contributed by atoms with van der Waals surface area (Å²) in [6.07, 6.45) is 0.841. The lowest BCUT2D eigenvalue weighted by molar-refractivity contribution is 0.0954. The van der Waals surface area contributed by atoms with Crippen LogP contribution in [0.4, 0.5) is 10.5 Å². The average Bonchev–Trinajstić information content (AvgIpc) is 2.57. The zero-order valence-electron chi connectivity index (χ0n) is 15.0. The van der Waals surface area contributed by atoms with Crippen LogP contribution in [0.25, 0.3) is 0 Å². The third-order valence-electron chi connectivity index (χ3n) is 3.44. The Labute approximate surface area is 157 Å². The largest absolute Gasteiger partial charge is 0.352 e. The average molecular weight is 376 g/mol. The lowest BCUT2D eigenvalue weighted by atomic mass is 10.2. The van der Waals surface area contributed by atoms with E-state index < -0.39 is 6.03 Å². The molecule has 2 rings (SSSR count). The molecule has 0 aliphatic rings. The van der Waals surface area contributed by atoms with Crippen molar-refractivity contribution in [2.24, 2.45) is 0 Å². The Bertz CT molecular complexity index is 790. The first kappa shape index (κ1) is 19.7. The summed E-state index contributed by atoms with van der Waals surface area (Å²) in [6, 6.07) is 6.20. The van der Waals surface area contributed by atoms with Gasteiger partial charge in [-0.2, -0.15) is 0 Å². The Morgan fingerprint density at radius 2 is 1.77 bits per heavy atom. The summed E-state index contributed by atoms with van der Waals surface area (Å²) in [5.41, 5.74) is 2.55. The van der Waals surface area contributed by atoms with Crippen LogP contribution >= 0.6 is 11.6 Å². The SMILES string of the molecule is CCCNC(=O)c1ccc(NC(=O)NCc2nc(C)cc(C)n2)cc1Cl. The van der Waals surface area contributed by atoms with Crippen molar-refractivity contribution in [1.82, 2.24) is 20.6 Å². The maximum absolute atomic E-state index is 12.0. The minimum atomic E-state index is -0.410. The number of benzene rings is 1. The lowest BCUT2D eigenvalue weighted by Crippen LogP contribution is -2.29. The fraction of sp³-hybridized carbons (Fsp3) is 0.333. The lowest BCUT2D eigenvalue weighted by Gasteiger charge is -2.10. The summed E-state index contributed by atoms with van der Waals surface area (Å²) in [4.78, 5) is 32.5. The molecule has 0 aliphatic carbocycles. The zero-order valence-corrected chi connectivity index (χ0v) is 15.8. The summed E-state index contributed by atoms with van der Waals surface area (Å²) in [5, 5.41) is 8.39. The first-order valence-electron chi connectivity index (χ1n) is 8.32. The van der Waals surface area contributed by atoms with Gasteiger partial charge in [-0.25, -0.2) is 14.8 Å². The molecule has 26 heavy (non-hydrogen) atoms. The number of hydrogen-bond acceptors (Lipinski definition) is 4. The number of carbonyl (C=O) groups excluding carboxylic acids is 2. The molecule has 0 unspecified atom stereocenters. The topological polar surface area (TPSA) is 96.0 Å². The van der Waals surface area contributed by atoms with Crippen LogP contribution in [0.5, 0.6) is 0 Å². The van der Waals surface area contributed by atoms with Crippen molar-refractivity contribution in [2.75, 3.05) is 11.9 Å². The van der Waals surface area contributed by atoms with Gasteiger partial charge in [0.25, 0.3) is 5.91 Å². The second-order valence-electron chi connectivity index (χ2n) is 5.83. The predicted octanol–water partition coefficient (Wildman–Crippen LogP) is 3.21. The highest BCUT2D eigenvalue weighted by Gasteiger charge is 2.11. The molecule has 1 heterocycles. The van der Waals surface area contributed by atoms with Gasteiger partial charge < -0.3 is 16.0 Å². The fourth-order valence-electron chi connectivity index (χ4n) is 2.32. The van der Waals surface area contributed by atoms with Crippen LogP contribution in [0.1, 0.15) is 40.9 Å². The van der Waals surface area contributed by atoms with Gasteiger partial charge in [0, 0.05) is 23.6 Å². The highest BCUT2D eigenvalue weighted by atomic mass is 35.5. The number of nitrogens with zero attached hydrogens (tertiary/aromatic N) is 2. The summed E-state index contributed by atoms with van der Waals surface area (Å²) in [7, 11) is 0. The van der Waals surface area contributed by atoms with Crippen molar-refractivity contribution >= 4 is 29.2 Å². The van der Waals surface area contributed by atoms with E-state index in [1.54, 1.807) is 12.1 Å². The number of hydrogen-bond donors (Lipinski definition) is 3. The van der Waals surface area contributed by atoms with Crippen molar-refractivity contribution in [3.8, 4) is 0 Å². The van der Waals surface area contributed by atoms with Gasteiger partial charge in [-0.15, -0.1) is 0 Å². The van der Waals surface area contributed by atoms with E-state index in [0.29, 0.717) is 23.6 Å². The van der Waals surface area contributed by atoms with Gasteiger partial charge in [0.1, 0.15) is 5.82 Å². The van der Waals surface area contributed by atoms with E-state index in [4.69, 9.17) is 11.6 Å². The molecular formula is C18H22ClN5O2. The molecule has 0 bridgehead atoms. The molecule has 0 spiro atoms. The molecule has 3 amide bonds. The second-order valence-corrected chi connectivity index (χ2v) is 6.23. The van der Waals surface area contributed by atoms with Crippen molar-refractivity contribution < 1.29 is 9.59 Å². The molecule has 0 radical (unpaired) electrons. The molecule has 8 heteroatoms. The van der Waals surface area contributed by atoms with Crippen LogP contribution < -0.4 is 16.0 Å². The molecule has 0 fully saturated rings. The summed E-state index contributed by atoms with van der Waals surface area (Å²) in [5.74, 6) is 0.304. The molecule has 0 aliphatic heterocycles. The van der Waals surface area contributed by atoms with Gasteiger partial charge in [-0.05, 0) is 44.5 Å². The number of nitrogens with one attached hydrogen (secondary N) is 3. The van der Waals surface area contributed by atoms with Crippen molar-refractivity contribution in [3.63, 3.8) is 0 Å². The summed E-state index contributed by atoms with van der Waals surface area (Å²) >= 11 is 6.14. The number of amides is 3.